The zero-order chi connectivity index (χ0) is 39.4. The van der Waals surface area contributed by atoms with Crippen LogP contribution in [-0.2, 0) is 4.79 Å². The number of amides is 1. The highest BCUT2D eigenvalue weighted by atomic mass is 16.3. The molecule has 0 aromatic heterocycles. The number of aliphatic hydroxyl groups is 3. The summed E-state index contributed by atoms with van der Waals surface area (Å²) in [7, 11) is 0. The van der Waals surface area contributed by atoms with Crippen LogP contribution in [0.15, 0.2) is 12.2 Å². The molecule has 54 heavy (non-hydrogen) atoms. The average Bonchev–Trinajstić information content (AvgIpc) is 3.16. The normalized spacial score (nSPS) is 13.5. The summed E-state index contributed by atoms with van der Waals surface area (Å²) in [5.41, 5.74) is 0. The van der Waals surface area contributed by atoms with E-state index in [1.165, 1.54) is 212 Å². The van der Waals surface area contributed by atoms with Crippen LogP contribution < -0.4 is 5.32 Å². The van der Waals surface area contributed by atoms with E-state index in [-0.39, 0.29) is 18.9 Å². The molecule has 0 saturated heterocycles. The minimum Gasteiger partial charge on any atom is -0.394 e. The maximum Gasteiger partial charge on any atom is 0.222 e. The Balaban J connectivity index is 3.49. The first kappa shape index (κ1) is 53.1. The van der Waals surface area contributed by atoms with Gasteiger partial charge in [0.05, 0.1) is 31.3 Å². The van der Waals surface area contributed by atoms with Crippen LogP contribution in [0.1, 0.15) is 271 Å². The predicted octanol–water partition coefficient (Wildman–Crippen LogP) is 14.4. The maximum absolute atomic E-state index is 12.4. The fourth-order valence-corrected chi connectivity index (χ4v) is 7.81. The lowest BCUT2D eigenvalue weighted by molar-refractivity contribution is -0.125. The van der Waals surface area contributed by atoms with Crippen molar-refractivity contribution in [1.82, 2.24) is 5.32 Å². The molecule has 0 saturated carbocycles. The monoisotopic (exact) mass is 764 g/mol. The lowest BCUT2D eigenvalue weighted by Gasteiger charge is -2.23. The van der Waals surface area contributed by atoms with Crippen molar-refractivity contribution in [3.8, 4) is 0 Å². The van der Waals surface area contributed by atoms with E-state index in [4.69, 9.17) is 0 Å². The first-order valence-electron chi connectivity index (χ1n) is 24.5. The molecule has 0 aliphatic rings. The van der Waals surface area contributed by atoms with E-state index in [0.29, 0.717) is 12.8 Å². The van der Waals surface area contributed by atoms with Gasteiger partial charge in [-0.05, 0) is 38.5 Å². The summed E-state index contributed by atoms with van der Waals surface area (Å²) in [6.45, 7) is 4.27. The second kappa shape index (κ2) is 44.8. The van der Waals surface area contributed by atoms with Gasteiger partial charge in [0.25, 0.3) is 0 Å². The van der Waals surface area contributed by atoms with Crippen LogP contribution in [0, 0.1) is 0 Å². The van der Waals surface area contributed by atoms with Crippen molar-refractivity contribution in [3.05, 3.63) is 12.2 Å². The highest BCUT2D eigenvalue weighted by Gasteiger charge is 2.21. The quantitative estimate of drug-likeness (QED) is 0.0367. The third-order valence-corrected chi connectivity index (χ3v) is 11.6. The molecule has 322 valence electrons. The molecule has 3 atom stereocenters. The van der Waals surface area contributed by atoms with Crippen molar-refractivity contribution >= 4 is 5.91 Å². The number of hydrogen-bond acceptors (Lipinski definition) is 4. The van der Waals surface area contributed by atoms with Gasteiger partial charge in [-0.1, -0.05) is 238 Å². The first-order valence-corrected chi connectivity index (χ1v) is 24.5. The van der Waals surface area contributed by atoms with E-state index in [0.717, 1.165) is 25.7 Å². The van der Waals surface area contributed by atoms with Crippen LogP contribution in [-0.4, -0.2) is 46.1 Å². The van der Waals surface area contributed by atoms with E-state index in [9.17, 15) is 20.1 Å². The van der Waals surface area contributed by atoms with Crippen molar-refractivity contribution in [2.24, 2.45) is 0 Å². The fourth-order valence-electron chi connectivity index (χ4n) is 7.81. The van der Waals surface area contributed by atoms with Crippen LogP contribution >= 0.6 is 0 Å². The van der Waals surface area contributed by atoms with Gasteiger partial charge in [0.2, 0.25) is 5.91 Å². The minimum absolute atomic E-state index is 0.0396. The lowest BCUT2D eigenvalue weighted by Crippen LogP contribution is -2.46. The zero-order valence-electron chi connectivity index (χ0n) is 36.6. The first-order chi connectivity index (χ1) is 26.5. The molecule has 0 radical (unpaired) electrons. The SMILES string of the molecule is CCCCCCCCCCCCCC/C=C\CCCCCCCCCCCCCCC(O)CC(=O)NC(CO)C(O)CCCCCCCCCCCCC. The Bertz CT molecular complexity index is 758. The number of allylic oxidation sites excluding steroid dienone is 2. The summed E-state index contributed by atoms with van der Waals surface area (Å²) in [6, 6.07) is -0.654. The predicted molar refractivity (Wildman–Crippen MR) is 236 cm³/mol. The summed E-state index contributed by atoms with van der Waals surface area (Å²) in [6.07, 6.45) is 53.5. The molecule has 0 aromatic carbocycles. The van der Waals surface area contributed by atoms with Crippen LogP contribution in [0.4, 0.5) is 0 Å². The number of nitrogens with one attached hydrogen (secondary N) is 1. The average molecular weight is 764 g/mol. The Morgan fingerprint density at radius 3 is 1.07 bits per heavy atom. The molecule has 0 heterocycles. The molecule has 0 aliphatic carbocycles. The van der Waals surface area contributed by atoms with Gasteiger partial charge >= 0.3 is 0 Å². The van der Waals surface area contributed by atoms with Gasteiger partial charge in [0, 0.05) is 0 Å². The van der Waals surface area contributed by atoms with Crippen LogP contribution in [0.5, 0.6) is 0 Å². The minimum atomic E-state index is -0.745. The molecule has 3 unspecified atom stereocenters. The van der Waals surface area contributed by atoms with E-state index >= 15 is 0 Å². The summed E-state index contributed by atoms with van der Waals surface area (Å²) in [4.78, 5) is 12.4. The molecule has 1 amide bonds. The van der Waals surface area contributed by atoms with Crippen molar-refractivity contribution < 1.29 is 20.1 Å². The summed E-state index contributed by atoms with van der Waals surface area (Å²) >= 11 is 0. The van der Waals surface area contributed by atoms with Gasteiger partial charge in [-0.3, -0.25) is 4.79 Å². The number of unbranched alkanes of at least 4 members (excludes halogenated alkanes) is 34. The highest BCUT2D eigenvalue weighted by Crippen LogP contribution is 2.17. The Morgan fingerprint density at radius 1 is 0.444 bits per heavy atom. The smallest absolute Gasteiger partial charge is 0.222 e. The molecule has 0 aliphatic heterocycles. The molecule has 5 heteroatoms. The lowest BCUT2D eigenvalue weighted by atomic mass is 10.0. The standard InChI is InChI=1S/C49H97NO4/c1-3-5-7-9-11-13-15-16-17-18-19-20-21-22-23-24-25-26-27-28-29-30-31-33-34-36-38-40-42-46(52)44-49(54)50-47(45-51)48(53)43-41-39-37-35-32-14-12-10-8-6-4-2/h22-23,46-48,51-53H,3-21,24-45H2,1-2H3,(H,50,54)/b23-22-. The number of carbonyl (C=O) groups is 1. The summed E-state index contributed by atoms with van der Waals surface area (Å²) in [5, 5.41) is 33.4. The molecule has 0 spiro atoms. The molecule has 0 bridgehead atoms. The Kier molecular flexibility index (Phi) is 44.0. The van der Waals surface area contributed by atoms with Crippen LogP contribution in [0.25, 0.3) is 0 Å². The van der Waals surface area contributed by atoms with Crippen LogP contribution in [0.2, 0.25) is 0 Å². The molecule has 0 fully saturated rings. The largest absolute Gasteiger partial charge is 0.394 e. The molecule has 0 rings (SSSR count). The zero-order valence-corrected chi connectivity index (χ0v) is 36.6. The fraction of sp³-hybridized carbons (Fsp3) is 0.939. The second-order valence-corrected chi connectivity index (χ2v) is 17.1. The summed E-state index contributed by atoms with van der Waals surface area (Å²) in [5.74, 6) is -0.281. The molecule has 4 N–H and O–H groups in total. The topological polar surface area (TPSA) is 89.8 Å². The number of rotatable bonds is 45. The summed E-state index contributed by atoms with van der Waals surface area (Å²) < 4.78 is 0. The van der Waals surface area contributed by atoms with E-state index < -0.39 is 18.2 Å². The van der Waals surface area contributed by atoms with Gasteiger partial charge in [-0.25, -0.2) is 0 Å². The van der Waals surface area contributed by atoms with Gasteiger partial charge in [-0.2, -0.15) is 0 Å². The Morgan fingerprint density at radius 2 is 0.741 bits per heavy atom. The molecule has 5 nitrogen and oxygen atoms in total. The van der Waals surface area contributed by atoms with E-state index in [1.807, 2.05) is 0 Å². The number of hydrogen-bond donors (Lipinski definition) is 4. The third-order valence-electron chi connectivity index (χ3n) is 11.6. The molecular formula is C49H97NO4. The van der Waals surface area contributed by atoms with Crippen molar-refractivity contribution in [2.75, 3.05) is 6.61 Å². The van der Waals surface area contributed by atoms with Gasteiger partial charge < -0.3 is 20.6 Å². The number of aliphatic hydroxyl groups excluding tert-OH is 3. The van der Waals surface area contributed by atoms with Gasteiger partial charge in [0.1, 0.15) is 0 Å². The van der Waals surface area contributed by atoms with E-state index in [2.05, 4.69) is 31.3 Å². The van der Waals surface area contributed by atoms with Crippen molar-refractivity contribution in [1.29, 1.82) is 0 Å². The third kappa shape index (κ3) is 40.7. The van der Waals surface area contributed by atoms with Crippen molar-refractivity contribution in [3.63, 3.8) is 0 Å². The molecular weight excluding hydrogens is 667 g/mol. The molecule has 0 aromatic rings. The second-order valence-electron chi connectivity index (χ2n) is 17.1. The van der Waals surface area contributed by atoms with Gasteiger partial charge in [-0.15, -0.1) is 0 Å². The van der Waals surface area contributed by atoms with Crippen LogP contribution in [0.3, 0.4) is 0 Å². The van der Waals surface area contributed by atoms with E-state index in [1.54, 1.807) is 0 Å². The number of carbonyl (C=O) groups excluding carboxylic acids is 1. The Labute approximate surface area is 338 Å². The highest BCUT2D eigenvalue weighted by molar-refractivity contribution is 5.76. The van der Waals surface area contributed by atoms with Crippen molar-refractivity contribution in [2.45, 2.75) is 289 Å². The maximum atomic E-state index is 12.4. The Hall–Kier alpha value is -0.910. The van der Waals surface area contributed by atoms with Gasteiger partial charge in [0.15, 0.2) is 0 Å².